The fraction of sp³-hybridized carbons (Fsp3) is 0.348. The fourth-order valence-corrected chi connectivity index (χ4v) is 5.15. The van der Waals surface area contributed by atoms with Crippen molar-refractivity contribution in [2.24, 2.45) is 5.92 Å². The van der Waals surface area contributed by atoms with Gasteiger partial charge in [-0.1, -0.05) is 25.6 Å². The van der Waals surface area contributed by atoms with E-state index in [4.69, 9.17) is 10.7 Å². The second-order valence-corrected chi connectivity index (χ2v) is 9.59. The monoisotopic (exact) mass is 462 g/mol. The van der Waals surface area contributed by atoms with Gasteiger partial charge in [-0.3, -0.25) is 9.89 Å². The number of hydrogen-bond acceptors (Lipinski definition) is 8. The number of carbonyl (C=O) groups excluding carboxylic acids is 1. The number of anilines is 1. The molecule has 5 rings (SSSR count). The van der Waals surface area contributed by atoms with Gasteiger partial charge in [0.2, 0.25) is 0 Å². The van der Waals surface area contributed by atoms with Gasteiger partial charge < -0.3 is 15.6 Å². The number of aromatic amines is 1. The highest BCUT2D eigenvalue weighted by molar-refractivity contribution is 7.99. The van der Waals surface area contributed by atoms with Crippen molar-refractivity contribution in [3.05, 3.63) is 41.9 Å². The van der Waals surface area contributed by atoms with Gasteiger partial charge in [-0.15, -0.1) is 0 Å². The van der Waals surface area contributed by atoms with Crippen molar-refractivity contribution in [2.75, 3.05) is 18.8 Å². The number of carbonyl (C=O) groups is 1. The molecule has 0 aliphatic heterocycles. The maximum Gasteiger partial charge on any atom is 0.175 e. The summed E-state index contributed by atoms with van der Waals surface area (Å²) in [4.78, 5) is 26.8. The van der Waals surface area contributed by atoms with Crippen LogP contribution in [-0.4, -0.2) is 48.6 Å². The van der Waals surface area contributed by atoms with E-state index in [2.05, 4.69) is 50.0 Å². The summed E-state index contributed by atoms with van der Waals surface area (Å²) in [6.07, 6.45) is 4.52. The number of nitrogens with one attached hydrogen (secondary N) is 2. The van der Waals surface area contributed by atoms with E-state index < -0.39 is 0 Å². The Morgan fingerprint density at radius 1 is 1.24 bits per heavy atom. The molecule has 0 bridgehead atoms. The maximum absolute atomic E-state index is 12.5. The van der Waals surface area contributed by atoms with E-state index in [-0.39, 0.29) is 5.78 Å². The Labute approximate surface area is 195 Å². The zero-order chi connectivity index (χ0) is 22.9. The van der Waals surface area contributed by atoms with Gasteiger partial charge in [0.1, 0.15) is 6.33 Å². The summed E-state index contributed by atoms with van der Waals surface area (Å²) in [5.74, 6) is 1.11. The van der Waals surface area contributed by atoms with Crippen molar-refractivity contribution >= 4 is 34.5 Å². The first-order valence-electron chi connectivity index (χ1n) is 11.1. The lowest BCUT2D eigenvalue weighted by Crippen LogP contribution is -2.24. The number of fused-ring (bicyclic) bond motifs is 2. The third-order valence-corrected chi connectivity index (χ3v) is 6.76. The van der Waals surface area contributed by atoms with Crippen LogP contribution in [0, 0.1) is 5.92 Å². The summed E-state index contributed by atoms with van der Waals surface area (Å²) in [6, 6.07) is 6.02. The van der Waals surface area contributed by atoms with Gasteiger partial charge in [-0.2, -0.15) is 5.10 Å². The first-order valence-corrected chi connectivity index (χ1v) is 11.9. The second kappa shape index (κ2) is 8.95. The molecule has 10 heteroatoms. The second-order valence-electron chi connectivity index (χ2n) is 8.58. The molecule has 9 nitrogen and oxygen atoms in total. The average Bonchev–Trinajstić information content (AvgIpc) is 3.52. The highest BCUT2D eigenvalue weighted by Gasteiger charge is 2.24. The summed E-state index contributed by atoms with van der Waals surface area (Å²) >= 11 is 1.51. The molecule has 3 aromatic heterocycles. The first-order chi connectivity index (χ1) is 16.0. The third kappa shape index (κ3) is 4.23. The predicted octanol–water partition coefficient (Wildman–Crippen LogP) is 3.32. The average molecular weight is 463 g/mol. The van der Waals surface area contributed by atoms with Crippen LogP contribution in [0.25, 0.3) is 22.4 Å². The van der Waals surface area contributed by atoms with Crippen LogP contribution in [0.3, 0.4) is 0 Å². The summed E-state index contributed by atoms with van der Waals surface area (Å²) in [5.41, 5.74) is 11.2. The molecule has 4 aromatic rings. The standard InChI is InChI=1S/C23H26N8OS/c1-13(2)11-25-7-8-31-22-20(21(24)26-12-27-22)29-23(31)33-19-10-15-14(3-4-18(15)32)9-16(19)17-5-6-28-30-17/h5-6,9-10,12-13,25H,3-4,7-8,11H2,1-2H3,(H,28,30)(H2,24,26,27). The molecule has 4 N–H and O–H groups in total. The third-order valence-electron chi connectivity index (χ3n) is 5.71. The molecule has 0 saturated heterocycles. The minimum Gasteiger partial charge on any atom is -0.382 e. The van der Waals surface area contributed by atoms with E-state index in [1.165, 1.54) is 18.1 Å². The molecule has 0 fully saturated rings. The van der Waals surface area contributed by atoms with Gasteiger partial charge in [-0.25, -0.2) is 15.0 Å². The highest BCUT2D eigenvalue weighted by Crippen LogP contribution is 2.40. The van der Waals surface area contributed by atoms with Crippen molar-refractivity contribution in [1.82, 2.24) is 35.0 Å². The first kappa shape index (κ1) is 21.6. The molecule has 0 spiro atoms. The van der Waals surface area contributed by atoms with Gasteiger partial charge >= 0.3 is 0 Å². The van der Waals surface area contributed by atoms with Crippen LogP contribution in [0.15, 0.2) is 40.8 Å². The fourth-order valence-electron chi connectivity index (χ4n) is 4.07. The SMILES string of the molecule is CC(C)CNCCn1c(Sc2cc3c(cc2-c2ccn[nH]2)CCC3=O)nc2c(N)ncnc21. The van der Waals surface area contributed by atoms with Crippen molar-refractivity contribution in [3.8, 4) is 11.3 Å². The Hall–Kier alpha value is -3.24. The van der Waals surface area contributed by atoms with Crippen LogP contribution in [0.5, 0.6) is 0 Å². The number of ketones is 1. The molecule has 3 heterocycles. The van der Waals surface area contributed by atoms with Crippen molar-refractivity contribution in [3.63, 3.8) is 0 Å². The van der Waals surface area contributed by atoms with E-state index >= 15 is 0 Å². The summed E-state index contributed by atoms with van der Waals surface area (Å²) in [6.45, 7) is 6.76. The van der Waals surface area contributed by atoms with Crippen molar-refractivity contribution in [1.29, 1.82) is 0 Å². The number of imidazole rings is 1. The number of Topliss-reactive ketones (excluding diaryl/α,β-unsaturated/α-hetero) is 1. The van der Waals surface area contributed by atoms with Crippen LogP contribution < -0.4 is 11.1 Å². The van der Waals surface area contributed by atoms with E-state index in [9.17, 15) is 4.79 Å². The molecular formula is C23H26N8OS. The Balaban J connectivity index is 1.56. The van der Waals surface area contributed by atoms with Gasteiger partial charge in [0.15, 0.2) is 27.9 Å². The number of nitrogens with zero attached hydrogens (tertiary/aromatic N) is 5. The minimum absolute atomic E-state index is 0.185. The van der Waals surface area contributed by atoms with E-state index in [0.29, 0.717) is 35.9 Å². The van der Waals surface area contributed by atoms with E-state index in [1.54, 1.807) is 6.20 Å². The number of rotatable bonds is 8. The van der Waals surface area contributed by atoms with Gasteiger partial charge in [-0.05, 0) is 42.6 Å². The van der Waals surface area contributed by atoms with Crippen molar-refractivity contribution < 1.29 is 4.79 Å². The highest BCUT2D eigenvalue weighted by atomic mass is 32.2. The Morgan fingerprint density at radius 3 is 2.91 bits per heavy atom. The number of aromatic nitrogens is 6. The smallest absolute Gasteiger partial charge is 0.175 e. The topological polar surface area (TPSA) is 127 Å². The lowest BCUT2D eigenvalue weighted by molar-refractivity contribution is 0.0994. The van der Waals surface area contributed by atoms with Gasteiger partial charge in [0.25, 0.3) is 0 Å². The number of H-pyrrole nitrogens is 1. The predicted molar refractivity (Wildman–Crippen MR) is 128 cm³/mol. The summed E-state index contributed by atoms with van der Waals surface area (Å²) in [5, 5.41) is 11.4. The van der Waals surface area contributed by atoms with Crippen LogP contribution in [-0.2, 0) is 13.0 Å². The van der Waals surface area contributed by atoms with Crippen LogP contribution in [0.2, 0.25) is 0 Å². The lowest BCUT2D eigenvalue weighted by Gasteiger charge is -2.13. The zero-order valence-corrected chi connectivity index (χ0v) is 19.4. The van der Waals surface area contributed by atoms with Crippen LogP contribution >= 0.6 is 11.8 Å². The molecule has 0 amide bonds. The normalized spacial score (nSPS) is 13.4. The summed E-state index contributed by atoms with van der Waals surface area (Å²) < 4.78 is 2.07. The maximum atomic E-state index is 12.5. The molecule has 1 aliphatic carbocycles. The molecule has 1 aliphatic rings. The van der Waals surface area contributed by atoms with E-state index in [0.717, 1.165) is 51.9 Å². The van der Waals surface area contributed by atoms with Crippen LogP contribution in [0.4, 0.5) is 5.82 Å². The van der Waals surface area contributed by atoms with Crippen LogP contribution in [0.1, 0.15) is 36.2 Å². The molecule has 0 unspecified atom stereocenters. The lowest BCUT2D eigenvalue weighted by atomic mass is 10.0. The number of nitrogens with two attached hydrogens (primary N) is 1. The molecular weight excluding hydrogens is 436 g/mol. The number of hydrogen-bond donors (Lipinski definition) is 3. The van der Waals surface area contributed by atoms with Gasteiger partial charge in [0.05, 0.1) is 5.69 Å². The zero-order valence-electron chi connectivity index (χ0n) is 18.6. The number of nitrogen functional groups attached to an aromatic ring is 1. The Kier molecular flexibility index (Phi) is 5.86. The molecule has 0 atom stereocenters. The molecule has 0 radical (unpaired) electrons. The van der Waals surface area contributed by atoms with Gasteiger partial charge in [0, 0.05) is 41.7 Å². The minimum atomic E-state index is 0.185. The summed E-state index contributed by atoms with van der Waals surface area (Å²) in [7, 11) is 0. The largest absolute Gasteiger partial charge is 0.382 e. The Bertz CT molecular complexity index is 1310. The molecule has 33 heavy (non-hydrogen) atoms. The molecule has 1 aromatic carbocycles. The number of aryl methyl sites for hydroxylation is 1. The van der Waals surface area contributed by atoms with E-state index in [1.807, 2.05) is 12.1 Å². The Morgan fingerprint density at radius 2 is 2.12 bits per heavy atom. The quantitative estimate of drug-likeness (QED) is 0.340. The number of benzene rings is 1. The molecule has 170 valence electrons. The molecule has 0 saturated carbocycles. The van der Waals surface area contributed by atoms with Crippen molar-refractivity contribution in [2.45, 2.75) is 43.3 Å².